The topological polar surface area (TPSA) is 60.9 Å². The van der Waals surface area contributed by atoms with Crippen LogP contribution >= 0.6 is 11.6 Å². The van der Waals surface area contributed by atoms with E-state index in [2.05, 4.69) is 5.10 Å². The Hall–Kier alpha value is -2.59. The minimum Gasteiger partial charge on any atom is -0.369 e. The van der Waals surface area contributed by atoms with Crippen molar-refractivity contribution in [1.82, 2.24) is 9.78 Å². The Labute approximate surface area is 158 Å². The molecule has 26 heavy (non-hydrogen) atoms. The van der Waals surface area contributed by atoms with E-state index in [1.165, 1.54) is 0 Å². The molecular weight excluding hydrogens is 346 g/mol. The molecule has 0 saturated carbocycles. The molecule has 1 atom stereocenters. The fraction of sp³-hybridized carbons (Fsp3) is 0.238. The molecule has 3 rings (SSSR count). The second-order valence-electron chi connectivity index (χ2n) is 6.53. The monoisotopic (exact) mass is 367 g/mol. The molecule has 0 aliphatic heterocycles. The highest BCUT2D eigenvalue weighted by Gasteiger charge is 2.27. The molecule has 0 spiro atoms. The lowest BCUT2D eigenvalue weighted by Crippen LogP contribution is -2.24. The van der Waals surface area contributed by atoms with E-state index in [1.54, 1.807) is 0 Å². The van der Waals surface area contributed by atoms with E-state index >= 15 is 0 Å². The Morgan fingerprint density at radius 3 is 2.42 bits per heavy atom. The zero-order valence-corrected chi connectivity index (χ0v) is 15.9. The number of nitrogens with two attached hydrogens (primary N) is 1. The molecule has 4 nitrogen and oxygen atoms in total. The van der Waals surface area contributed by atoms with Crippen molar-refractivity contribution in [3.05, 3.63) is 81.6 Å². The van der Waals surface area contributed by atoms with Crippen LogP contribution in [0.3, 0.4) is 0 Å². The molecule has 0 aliphatic rings. The predicted molar refractivity (Wildman–Crippen MR) is 105 cm³/mol. The number of hydrogen-bond acceptors (Lipinski definition) is 2. The standard InChI is InChI=1S/C21H22ClN3O/c1-13-8-7-11-19(22)17(13)12-18(21(23)26)20-14(2)24-25(15(20)3)16-9-5-4-6-10-16/h4-11,18H,12H2,1-3H3,(H2,23,26). The molecule has 1 unspecified atom stereocenters. The molecule has 1 amide bonds. The summed E-state index contributed by atoms with van der Waals surface area (Å²) in [6, 6.07) is 15.6. The number of hydrogen-bond donors (Lipinski definition) is 1. The highest BCUT2D eigenvalue weighted by molar-refractivity contribution is 6.31. The number of halogens is 1. The predicted octanol–water partition coefficient (Wildman–Crippen LogP) is 4.26. The Kier molecular flexibility index (Phi) is 5.14. The number of benzene rings is 2. The summed E-state index contributed by atoms with van der Waals surface area (Å²) in [5, 5.41) is 5.30. The lowest BCUT2D eigenvalue weighted by Gasteiger charge is -2.17. The first-order valence-corrected chi connectivity index (χ1v) is 8.92. The number of primary amides is 1. The molecule has 0 aliphatic carbocycles. The zero-order chi connectivity index (χ0) is 18.8. The minimum atomic E-state index is -0.480. The van der Waals surface area contributed by atoms with Gasteiger partial charge in [-0.05, 0) is 56.5 Å². The van der Waals surface area contributed by atoms with Gasteiger partial charge in [-0.1, -0.05) is 41.9 Å². The molecule has 0 bridgehead atoms. The Morgan fingerprint density at radius 2 is 1.81 bits per heavy atom. The van der Waals surface area contributed by atoms with E-state index in [0.717, 1.165) is 33.8 Å². The van der Waals surface area contributed by atoms with Gasteiger partial charge in [0.1, 0.15) is 0 Å². The Bertz CT molecular complexity index is 927. The second kappa shape index (κ2) is 7.34. The van der Waals surface area contributed by atoms with Crippen molar-refractivity contribution >= 4 is 17.5 Å². The van der Waals surface area contributed by atoms with Gasteiger partial charge < -0.3 is 5.73 Å². The van der Waals surface area contributed by atoms with Gasteiger partial charge in [-0.15, -0.1) is 0 Å². The van der Waals surface area contributed by atoms with Gasteiger partial charge in [0.25, 0.3) is 0 Å². The van der Waals surface area contributed by atoms with Gasteiger partial charge in [-0.2, -0.15) is 5.10 Å². The number of rotatable bonds is 5. The largest absolute Gasteiger partial charge is 0.369 e. The van der Waals surface area contributed by atoms with Gasteiger partial charge in [-0.25, -0.2) is 4.68 Å². The highest BCUT2D eigenvalue weighted by Crippen LogP contribution is 2.31. The first kappa shape index (κ1) is 18.2. The van der Waals surface area contributed by atoms with E-state index in [0.29, 0.717) is 11.4 Å². The maximum Gasteiger partial charge on any atom is 0.225 e. The Morgan fingerprint density at radius 1 is 1.12 bits per heavy atom. The number of para-hydroxylation sites is 1. The smallest absolute Gasteiger partial charge is 0.225 e. The van der Waals surface area contributed by atoms with Crippen molar-refractivity contribution in [3.8, 4) is 5.69 Å². The van der Waals surface area contributed by atoms with Crippen molar-refractivity contribution in [2.45, 2.75) is 33.1 Å². The first-order valence-electron chi connectivity index (χ1n) is 8.55. The maximum absolute atomic E-state index is 12.3. The summed E-state index contributed by atoms with van der Waals surface area (Å²) in [6.07, 6.45) is 0.461. The van der Waals surface area contributed by atoms with Crippen LogP contribution in [0.25, 0.3) is 5.69 Å². The van der Waals surface area contributed by atoms with Gasteiger partial charge in [0.15, 0.2) is 0 Å². The molecule has 1 heterocycles. The number of nitrogens with zero attached hydrogens (tertiary/aromatic N) is 2. The fourth-order valence-corrected chi connectivity index (χ4v) is 3.75. The number of carbonyl (C=O) groups excluding carboxylic acids is 1. The molecule has 0 fully saturated rings. The van der Waals surface area contributed by atoms with Crippen LogP contribution in [0.2, 0.25) is 5.02 Å². The number of carbonyl (C=O) groups is 1. The van der Waals surface area contributed by atoms with Crippen LogP contribution in [0.1, 0.15) is 34.0 Å². The van der Waals surface area contributed by atoms with Crippen molar-refractivity contribution in [3.63, 3.8) is 0 Å². The average Bonchev–Trinajstić information content (AvgIpc) is 2.90. The van der Waals surface area contributed by atoms with E-state index in [9.17, 15) is 4.79 Å². The highest BCUT2D eigenvalue weighted by atomic mass is 35.5. The van der Waals surface area contributed by atoms with E-state index in [4.69, 9.17) is 17.3 Å². The van der Waals surface area contributed by atoms with Crippen molar-refractivity contribution in [2.24, 2.45) is 5.73 Å². The molecule has 2 N–H and O–H groups in total. The van der Waals surface area contributed by atoms with Gasteiger partial charge in [-0.3, -0.25) is 4.79 Å². The second-order valence-corrected chi connectivity index (χ2v) is 6.93. The normalized spacial score (nSPS) is 12.2. The van der Waals surface area contributed by atoms with Gasteiger partial charge >= 0.3 is 0 Å². The van der Waals surface area contributed by atoms with Crippen LogP contribution in [-0.2, 0) is 11.2 Å². The SMILES string of the molecule is Cc1cccc(Cl)c1CC(C(N)=O)c1c(C)nn(-c2ccccc2)c1C. The van der Waals surface area contributed by atoms with E-state index in [1.807, 2.05) is 74.0 Å². The third-order valence-electron chi connectivity index (χ3n) is 4.80. The summed E-state index contributed by atoms with van der Waals surface area (Å²) >= 11 is 6.37. The molecule has 5 heteroatoms. The van der Waals surface area contributed by atoms with Gasteiger partial charge in [0.05, 0.1) is 17.3 Å². The zero-order valence-electron chi connectivity index (χ0n) is 15.2. The Balaban J connectivity index is 2.07. The van der Waals surface area contributed by atoms with Gasteiger partial charge in [0.2, 0.25) is 5.91 Å². The van der Waals surface area contributed by atoms with Crippen LogP contribution in [0, 0.1) is 20.8 Å². The minimum absolute atomic E-state index is 0.372. The quantitative estimate of drug-likeness (QED) is 0.732. The lowest BCUT2D eigenvalue weighted by atomic mass is 9.88. The van der Waals surface area contributed by atoms with Crippen LogP contribution in [0.15, 0.2) is 48.5 Å². The lowest BCUT2D eigenvalue weighted by molar-refractivity contribution is -0.119. The summed E-state index contributed by atoms with van der Waals surface area (Å²) in [7, 11) is 0. The maximum atomic E-state index is 12.3. The summed E-state index contributed by atoms with van der Waals surface area (Å²) in [5.74, 6) is -0.853. The first-order chi connectivity index (χ1) is 12.4. The van der Waals surface area contributed by atoms with Crippen molar-refractivity contribution < 1.29 is 4.79 Å². The van der Waals surface area contributed by atoms with Crippen molar-refractivity contribution in [2.75, 3.05) is 0 Å². The van der Waals surface area contributed by atoms with E-state index < -0.39 is 5.92 Å². The van der Waals surface area contributed by atoms with Crippen LogP contribution in [0.5, 0.6) is 0 Å². The van der Waals surface area contributed by atoms with Crippen molar-refractivity contribution in [1.29, 1.82) is 0 Å². The molecule has 134 valence electrons. The molecule has 3 aromatic rings. The van der Waals surface area contributed by atoms with Gasteiger partial charge in [0, 0.05) is 16.3 Å². The molecule has 2 aromatic carbocycles. The van der Waals surface area contributed by atoms with E-state index in [-0.39, 0.29) is 5.91 Å². The number of aryl methyl sites for hydroxylation is 2. The average molecular weight is 368 g/mol. The summed E-state index contributed by atoms with van der Waals surface area (Å²) < 4.78 is 1.86. The van der Waals surface area contributed by atoms with Crippen LogP contribution < -0.4 is 5.73 Å². The van der Waals surface area contributed by atoms with Crippen LogP contribution in [0.4, 0.5) is 0 Å². The van der Waals surface area contributed by atoms with Crippen LogP contribution in [-0.4, -0.2) is 15.7 Å². The third kappa shape index (κ3) is 3.37. The summed E-state index contributed by atoms with van der Waals surface area (Å²) in [6.45, 7) is 5.88. The molecule has 0 radical (unpaired) electrons. The number of aromatic nitrogens is 2. The molecule has 0 saturated heterocycles. The summed E-state index contributed by atoms with van der Waals surface area (Å²) in [5.41, 5.74) is 11.3. The third-order valence-corrected chi connectivity index (χ3v) is 5.16. The summed E-state index contributed by atoms with van der Waals surface area (Å²) in [4.78, 5) is 12.3. The molecular formula is C21H22ClN3O. The number of amides is 1. The fourth-order valence-electron chi connectivity index (χ4n) is 3.45. The molecule has 1 aromatic heterocycles.